The lowest BCUT2D eigenvalue weighted by Crippen LogP contribution is -2.32. The number of ether oxygens (including phenoxy) is 1. The molecule has 22 heavy (non-hydrogen) atoms. The Bertz CT molecular complexity index is 668. The number of fused-ring (bicyclic) bond motifs is 1. The van der Waals surface area contributed by atoms with Crippen LogP contribution in [0.2, 0.25) is 0 Å². The van der Waals surface area contributed by atoms with Gasteiger partial charge in [0.25, 0.3) is 0 Å². The van der Waals surface area contributed by atoms with Crippen molar-refractivity contribution in [1.29, 1.82) is 0 Å². The molecule has 4 heteroatoms. The van der Waals surface area contributed by atoms with E-state index in [1.165, 1.54) is 0 Å². The van der Waals surface area contributed by atoms with Crippen molar-refractivity contribution in [3.05, 3.63) is 42.0 Å². The highest BCUT2D eigenvalue weighted by atomic mass is 35.5. The average molecular weight is 321 g/mol. The summed E-state index contributed by atoms with van der Waals surface area (Å²) in [6.45, 7) is 1.79. The summed E-state index contributed by atoms with van der Waals surface area (Å²) >= 11 is 5.70. The number of rotatable bonds is 7. The third-order valence-electron chi connectivity index (χ3n) is 4.22. The van der Waals surface area contributed by atoms with E-state index in [0.717, 1.165) is 34.9 Å². The second-order valence-corrected chi connectivity index (χ2v) is 6.09. The molecule has 0 amide bonds. The van der Waals surface area contributed by atoms with Crippen LogP contribution in [0.25, 0.3) is 10.8 Å². The fraction of sp³-hybridized carbons (Fsp3) is 0.389. The van der Waals surface area contributed by atoms with Gasteiger partial charge in [-0.15, -0.1) is 11.6 Å². The Kier molecular flexibility index (Phi) is 5.30. The number of unbranched alkanes of at least 4 members (excludes halogenated alkanes) is 1. The maximum Gasteiger partial charge on any atom is 0.313 e. The summed E-state index contributed by atoms with van der Waals surface area (Å²) in [5.41, 5.74) is -0.0626. The molecule has 0 spiro atoms. The maximum atomic E-state index is 11.8. The van der Waals surface area contributed by atoms with Gasteiger partial charge in [0.1, 0.15) is 5.75 Å². The Morgan fingerprint density at radius 3 is 2.50 bits per heavy atom. The van der Waals surface area contributed by atoms with Crippen molar-refractivity contribution in [2.45, 2.75) is 31.6 Å². The molecule has 1 N–H and O–H groups in total. The van der Waals surface area contributed by atoms with Gasteiger partial charge in [0.05, 0.1) is 12.5 Å². The van der Waals surface area contributed by atoms with Gasteiger partial charge in [-0.05, 0) is 48.2 Å². The van der Waals surface area contributed by atoms with E-state index in [1.807, 2.05) is 36.4 Å². The molecular weight excluding hydrogens is 300 g/mol. The lowest BCUT2D eigenvalue weighted by molar-refractivity contribution is -0.143. The van der Waals surface area contributed by atoms with Crippen molar-refractivity contribution in [3.8, 4) is 5.75 Å². The molecular formula is C18H21ClO3. The lowest BCUT2D eigenvalue weighted by Gasteiger charge is -2.25. The van der Waals surface area contributed by atoms with E-state index in [2.05, 4.69) is 0 Å². The van der Waals surface area contributed by atoms with Crippen molar-refractivity contribution in [3.63, 3.8) is 0 Å². The zero-order valence-corrected chi connectivity index (χ0v) is 13.7. The number of aliphatic carboxylic acids is 1. The molecule has 0 saturated heterocycles. The molecule has 0 fully saturated rings. The van der Waals surface area contributed by atoms with Crippen LogP contribution in [0.15, 0.2) is 36.4 Å². The van der Waals surface area contributed by atoms with Crippen molar-refractivity contribution in [1.82, 2.24) is 0 Å². The van der Waals surface area contributed by atoms with Crippen LogP contribution in [-0.2, 0) is 10.2 Å². The third kappa shape index (κ3) is 3.36. The summed E-state index contributed by atoms with van der Waals surface area (Å²) in [5.74, 6) is 0.561. The number of benzene rings is 2. The summed E-state index contributed by atoms with van der Waals surface area (Å²) in [6, 6.07) is 11.6. The summed E-state index contributed by atoms with van der Waals surface area (Å²) in [5, 5.41) is 11.7. The van der Waals surface area contributed by atoms with E-state index in [9.17, 15) is 9.90 Å². The van der Waals surface area contributed by atoms with Gasteiger partial charge in [-0.2, -0.15) is 0 Å². The van der Waals surface area contributed by atoms with Crippen LogP contribution >= 0.6 is 11.6 Å². The van der Waals surface area contributed by atoms with Crippen molar-refractivity contribution < 1.29 is 14.6 Å². The first-order valence-electron chi connectivity index (χ1n) is 7.39. The van der Waals surface area contributed by atoms with Gasteiger partial charge in [0.15, 0.2) is 0 Å². The SMILES string of the molecule is COc1ccc2cc([C@](C)(CCCCCl)C(=O)O)ccc2c1. The van der Waals surface area contributed by atoms with Gasteiger partial charge in [0, 0.05) is 5.88 Å². The fourth-order valence-electron chi connectivity index (χ4n) is 2.64. The summed E-state index contributed by atoms with van der Waals surface area (Å²) in [4.78, 5) is 11.8. The molecule has 0 radical (unpaired) electrons. The molecule has 0 unspecified atom stereocenters. The van der Waals surface area contributed by atoms with E-state index in [1.54, 1.807) is 14.0 Å². The van der Waals surface area contributed by atoms with Crippen LogP contribution in [0.5, 0.6) is 5.75 Å². The van der Waals surface area contributed by atoms with E-state index < -0.39 is 11.4 Å². The minimum atomic E-state index is -0.889. The first-order valence-corrected chi connectivity index (χ1v) is 7.92. The molecule has 0 aliphatic carbocycles. The van der Waals surface area contributed by atoms with E-state index in [-0.39, 0.29) is 0 Å². The molecule has 118 valence electrons. The normalized spacial score (nSPS) is 13.8. The number of carbonyl (C=O) groups is 1. The summed E-state index contributed by atoms with van der Waals surface area (Å²) in [7, 11) is 1.63. The standard InChI is InChI=1S/C18H21ClO3/c1-18(17(20)21,9-3-4-10-19)15-7-5-14-12-16(22-2)8-6-13(14)11-15/h5-8,11-12H,3-4,9-10H2,1-2H3,(H,20,21)/t18-/m0/s1. The molecule has 0 bridgehead atoms. The molecule has 2 rings (SSSR count). The number of carboxylic acids is 1. The van der Waals surface area contributed by atoms with Crippen molar-refractivity contribution >= 4 is 28.3 Å². The number of methoxy groups -OCH3 is 1. The molecule has 0 aromatic heterocycles. The van der Waals surface area contributed by atoms with Gasteiger partial charge in [0.2, 0.25) is 0 Å². The van der Waals surface area contributed by atoms with Crippen LogP contribution < -0.4 is 4.74 Å². The first kappa shape index (κ1) is 16.6. The Morgan fingerprint density at radius 1 is 1.18 bits per heavy atom. The summed E-state index contributed by atoms with van der Waals surface area (Å²) < 4.78 is 5.22. The molecule has 0 aliphatic heterocycles. The largest absolute Gasteiger partial charge is 0.497 e. The predicted molar refractivity (Wildman–Crippen MR) is 90.1 cm³/mol. The van der Waals surface area contributed by atoms with Gasteiger partial charge in [-0.25, -0.2) is 0 Å². The van der Waals surface area contributed by atoms with Crippen LogP contribution in [0.4, 0.5) is 0 Å². The third-order valence-corrected chi connectivity index (χ3v) is 4.48. The monoisotopic (exact) mass is 320 g/mol. The van der Waals surface area contributed by atoms with Gasteiger partial charge >= 0.3 is 5.97 Å². The molecule has 0 aliphatic rings. The Morgan fingerprint density at radius 2 is 1.86 bits per heavy atom. The molecule has 3 nitrogen and oxygen atoms in total. The lowest BCUT2D eigenvalue weighted by atomic mass is 9.77. The zero-order valence-electron chi connectivity index (χ0n) is 12.9. The first-order chi connectivity index (χ1) is 10.5. The van der Waals surface area contributed by atoms with Crippen LogP contribution in [0.1, 0.15) is 31.7 Å². The van der Waals surface area contributed by atoms with E-state index >= 15 is 0 Å². The number of carboxylic acid groups (broad SMARTS) is 1. The van der Waals surface area contributed by atoms with Crippen LogP contribution in [-0.4, -0.2) is 24.1 Å². The predicted octanol–water partition coefficient (Wildman–Crippen LogP) is 4.60. The Balaban J connectivity index is 2.39. The molecule has 0 heterocycles. The number of hydrogen-bond acceptors (Lipinski definition) is 2. The minimum absolute atomic E-state index is 0.563. The van der Waals surface area contributed by atoms with Crippen LogP contribution in [0.3, 0.4) is 0 Å². The smallest absolute Gasteiger partial charge is 0.313 e. The van der Waals surface area contributed by atoms with E-state index in [4.69, 9.17) is 16.3 Å². The molecule has 2 aromatic rings. The summed E-state index contributed by atoms with van der Waals surface area (Å²) in [6.07, 6.45) is 2.21. The van der Waals surface area contributed by atoms with Crippen LogP contribution in [0, 0.1) is 0 Å². The zero-order chi connectivity index (χ0) is 16.2. The Labute approximate surface area is 135 Å². The highest BCUT2D eigenvalue weighted by Gasteiger charge is 2.34. The quantitative estimate of drug-likeness (QED) is 0.599. The molecule has 0 saturated carbocycles. The molecule has 1 atom stereocenters. The van der Waals surface area contributed by atoms with Crippen molar-refractivity contribution in [2.75, 3.05) is 13.0 Å². The maximum absolute atomic E-state index is 11.8. The van der Waals surface area contributed by atoms with Crippen molar-refractivity contribution in [2.24, 2.45) is 0 Å². The highest BCUT2D eigenvalue weighted by molar-refractivity contribution is 6.17. The highest BCUT2D eigenvalue weighted by Crippen LogP contribution is 2.33. The molecule has 2 aromatic carbocycles. The topological polar surface area (TPSA) is 46.5 Å². The second-order valence-electron chi connectivity index (χ2n) is 5.71. The number of alkyl halides is 1. The van der Waals surface area contributed by atoms with Gasteiger partial charge in [-0.3, -0.25) is 4.79 Å². The second kappa shape index (κ2) is 7.01. The average Bonchev–Trinajstić information content (AvgIpc) is 2.53. The number of halogens is 1. The van der Waals surface area contributed by atoms with Gasteiger partial charge < -0.3 is 9.84 Å². The Hall–Kier alpha value is -1.74. The fourth-order valence-corrected chi connectivity index (χ4v) is 2.83. The van der Waals surface area contributed by atoms with E-state index in [0.29, 0.717) is 12.3 Å². The number of hydrogen-bond donors (Lipinski definition) is 1. The minimum Gasteiger partial charge on any atom is -0.497 e. The van der Waals surface area contributed by atoms with Gasteiger partial charge in [-0.1, -0.05) is 30.7 Å².